The highest BCUT2D eigenvalue weighted by Crippen LogP contribution is 2.53. The van der Waals surface area contributed by atoms with Crippen LogP contribution in [0, 0.1) is 0 Å². The number of para-hydroxylation sites is 1. The zero-order valence-electron chi connectivity index (χ0n) is 21.8. The standard InChI is InChI=1S/C36H29N/c1-35(2)28-15-9-8-14-24(28)25-20-26-27-18-23(22-12-6-5-7-13-22)19-31-34(27)37(33(26)21-30(25)35)32-17-11-10-16-29(32)36(31,3)4/h5-21H,1-4H3. The molecule has 1 nitrogen and oxygen atoms in total. The Labute approximate surface area is 218 Å². The summed E-state index contributed by atoms with van der Waals surface area (Å²) < 4.78 is 2.55. The van der Waals surface area contributed by atoms with Crippen molar-refractivity contribution in [2.45, 2.75) is 38.5 Å². The predicted molar refractivity (Wildman–Crippen MR) is 156 cm³/mol. The van der Waals surface area contributed by atoms with Gasteiger partial charge in [0, 0.05) is 21.6 Å². The summed E-state index contributed by atoms with van der Waals surface area (Å²) in [5.74, 6) is 0. The van der Waals surface area contributed by atoms with Gasteiger partial charge in [-0.1, -0.05) is 100 Å². The summed E-state index contributed by atoms with van der Waals surface area (Å²) in [7, 11) is 0. The third-order valence-electron chi connectivity index (χ3n) is 9.16. The molecule has 0 radical (unpaired) electrons. The fourth-order valence-corrected chi connectivity index (χ4v) is 7.20. The van der Waals surface area contributed by atoms with Gasteiger partial charge in [0.1, 0.15) is 0 Å². The monoisotopic (exact) mass is 475 g/mol. The zero-order chi connectivity index (χ0) is 25.1. The van der Waals surface area contributed by atoms with E-state index >= 15 is 0 Å². The van der Waals surface area contributed by atoms with Crippen molar-refractivity contribution in [2.75, 3.05) is 0 Å². The van der Waals surface area contributed by atoms with Gasteiger partial charge in [-0.2, -0.15) is 0 Å². The largest absolute Gasteiger partial charge is 0.309 e. The van der Waals surface area contributed by atoms with Crippen LogP contribution in [-0.2, 0) is 10.8 Å². The number of rotatable bonds is 1. The minimum Gasteiger partial charge on any atom is -0.309 e. The highest BCUT2D eigenvalue weighted by atomic mass is 15.0. The Morgan fingerprint density at radius 3 is 1.97 bits per heavy atom. The Morgan fingerprint density at radius 1 is 0.486 bits per heavy atom. The second kappa shape index (κ2) is 6.81. The molecule has 0 spiro atoms. The molecule has 1 heteroatoms. The van der Waals surface area contributed by atoms with Crippen LogP contribution in [0.2, 0.25) is 0 Å². The molecule has 0 unspecified atom stereocenters. The molecule has 0 atom stereocenters. The van der Waals surface area contributed by atoms with Gasteiger partial charge in [0.05, 0.1) is 16.7 Å². The summed E-state index contributed by atoms with van der Waals surface area (Å²) in [4.78, 5) is 0. The van der Waals surface area contributed by atoms with Crippen LogP contribution in [0.3, 0.4) is 0 Å². The van der Waals surface area contributed by atoms with E-state index in [-0.39, 0.29) is 10.8 Å². The molecule has 0 saturated carbocycles. The molecule has 2 aliphatic rings. The minimum atomic E-state index is -0.0986. The lowest BCUT2D eigenvalue weighted by Gasteiger charge is -2.35. The van der Waals surface area contributed by atoms with E-state index in [0.717, 1.165) is 0 Å². The molecular weight excluding hydrogens is 446 g/mol. The first-order chi connectivity index (χ1) is 17.9. The molecule has 2 heterocycles. The number of hydrogen-bond donors (Lipinski definition) is 0. The Balaban J connectivity index is 1.58. The summed E-state index contributed by atoms with van der Waals surface area (Å²) in [5.41, 5.74) is 14.8. The van der Waals surface area contributed by atoms with Crippen molar-refractivity contribution in [1.29, 1.82) is 0 Å². The normalized spacial score (nSPS) is 16.0. The molecule has 5 aromatic carbocycles. The van der Waals surface area contributed by atoms with Gasteiger partial charge in [0.2, 0.25) is 0 Å². The molecule has 0 saturated heterocycles. The van der Waals surface area contributed by atoms with Gasteiger partial charge in [-0.3, -0.25) is 0 Å². The Hall–Kier alpha value is -4.10. The first-order valence-electron chi connectivity index (χ1n) is 13.3. The topological polar surface area (TPSA) is 4.93 Å². The molecule has 178 valence electrons. The second-order valence-corrected chi connectivity index (χ2v) is 11.8. The van der Waals surface area contributed by atoms with Crippen molar-refractivity contribution >= 4 is 21.8 Å². The third kappa shape index (κ3) is 2.54. The van der Waals surface area contributed by atoms with E-state index in [2.05, 4.69) is 135 Å². The molecular formula is C36H29N. The minimum absolute atomic E-state index is 0.0255. The van der Waals surface area contributed by atoms with Crippen LogP contribution in [-0.4, -0.2) is 4.57 Å². The summed E-state index contributed by atoms with van der Waals surface area (Å²) in [6.45, 7) is 9.52. The highest BCUT2D eigenvalue weighted by molar-refractivity contribution is 6.14. The van der Waals surface area contributed by atoms with Gasteiger partial charge in [-0.25, -0.2) is 0 Å². The van der Waals surface area contributed by atoms with Crippen LogP contribution < -0.4 is 0 Å². The molecule has 0 fully saturated rings. The van der Waals surface area contributed by atoms with Crippen LogP contribution in [0.4, 0.5) is 0 Å². The van der Waals surface area contributed by atoms with E-state index in [0.29, 0.717) is 0 Å². The lowest BCUT2D eigenvalue weighted by molar-refractivity contribution is 0.630. The molecule has 0 bridgehead atoms. The van der Waals surface area contributed by atoms with E-state index in [4.69, 9.17) is 0 Å². The SMILES string of the molecule is CC1(C)c2ccccc2-c2cc3c4cc(-c5ccccc5)cc5c4n(c3cc21)-c1ccccc1C5(C)C. The Morgan fingerprint density at radius 2 is 1.16 bits per heavy atom. The predicted octanol–water partition coefficient (Wildman–Crippen LogP) is 9.40. The molecule has 0 N–H and O–H groups in total. The Kier molecular flexibility index (Phi) is 3.87. The first kappa shape index (κ1) is 21.0. The van der Waals surface area contributed by atoms with Crippen LogP contribution >= 0.6 is 0 Å². The third-order valence-corrected chi connectivity index (χ3v) is 9.16. The van der Waals surface area contributed by atoms with Gasteiger partial charge < -0.3 is 4.57 Å². The van der Waals surface area contributed by atoms with Crippen molar-refractivity contribution in [3.8, 4) is 27.9 Å². The number of fused-ring (bicyclic) bond motifs is 8. The van der Waals surface area contributed by atoms with Crippen molar-refractivity contribution < 1.29 is 0 Å². The van der Waals surface area contributed by atoms with E-state index in [1.807, 2.05) is 0 Å². The average Bonchev–Trinajstić information content (AvgIpc) is 3.36. The van der Waals surface area contributed by atoms with Gasteiger partial charge in [-0.05, 0) is 74.8 Å². The molecule has 37 heavy (non-hydrogen) atoms. The summed E-state index contributed by atoms with van der Waals surface area (Å²) in [5, 5.41) is 2.69. The van der Waals surface area contributed by atoms with Crippen LogP contribution in [0.5, 0.6) is 0 Å². The van der Waals surface area contributed by atoms with Gasteiger partial charge in [-0.15, -0.1) is 0 Å². The fourth-order valence-electron chi connectivity index (χ4n) is 7.20. The molecule has 8 rings (SSSR count). The maximum atomic E-state index is 2.55. The molecule has 0 amide bonds. The summed E-state index contributed by atoms with van der Waals surface area (Å²) >= 11 is 0. The van der Waals surface area contributed by atoms with E-state index in [9.17, 15) is 0 Å². The van der Waals surface area contributed by atoms with Crippen molar-refractivity contribution in [1.82, 2.24) is 4.57 Å². The van der Waals surface area contributed by atoms with E-state index in [1.54, 1.807) is 0 Å². The number of aromatic nitrogens is 1. The maximum absolute atomic E-state index is 2.55. The van der Waals surface area contributed by atoms with Crippen molar-refractivity contribution in [2.24, 2.45) is 0 Å². The zero-order valence-corrected chi connectivity index (χ0v) is 21.8. The summed E-state index contributed by atoms with van der Waals surface area (Å²) in [6, 6.07) is 38.6. The van der Waals surface area contributed by atoms with Crippen LogP contribution in [0.25, 0.3) is 49.7 Å². The lowest BCUT2D eigenvalue weighted by Crippen LogP contribution is -2.26. The van der Waals surface area contributed by atoms with Crippen molar-refractivity contribution in [3.63, 3.8) is 0 Å². The smallest absolute Gasteiger partial charge is 0.0582 e. The highest BCUT2D eigenvalue weighted by Gasteiger charge is 2.39. The first-order valence-corrected chi connectivity index (χ1v) is 13.3. The van der Waals surface area contributed by atoms with Crippen LogP contribution in [0.15, 0.2) is 103 Å². The quantitative estimate of drug-likeness (QED) is 0.223. The van der Waals surface area contributed by atoms with Crippen LogP contribution in [0.1, 0.15) is 49.9 Å². The van der Waals surface area contributed by atoms with E-state index < -0.39 is 0 Å². The van der Waals surface area contributed by atoms with Gasteiger partial charge in [0.25, 0.3) is 0 Å². The van der Waals surface area contributed by atoms with Gasteiger partial charge in [0.15, 0.2) is 0 Å². The lowest BCUT2D eigenvalue weighted by atomic mass is 9.74. The fraction of sp³-hybridized carbons (Fsp3) is 0.167. The Bertz CT molecular complexity index is 1910. The number of hydrogen-bond acceptors (Lipinski definition) is 0. The summed E-state index contributed by atoms with van der Waals surface area (Å²) in [6.07, 6.45) is 0. The molecule has 1 aliphatic heterocycles. The molecule has 6 aromatic rings. The maximum Gasteiger partial charge on any atom is 0.0582 e. The number of benzene rings is 5. The second-order valence-electron chi connectivity index (χ2n) is 11.8. The molecule has 1 aromatic heterocycles. The number of nitrogens with zero attached hydrogens (tertiary/aromatic N) is 1. The van der Waals surface area contributed by atoms with Gasteiger partial charge >= 0.3 is 0 Å². The van der Waals surface area contributed by atoms with Crippen molar-refractivity contribution in [3.05, 3.63) is 125 Å². The van der Waals surface area contributed by atoms with E-state index in [1.165, 1.54) is 72.0 Å². The average molecular weight is 476 g/mol. The molecule has 1 aliphatic carbocycles.